The first kappa shape index (κ1) is 18.0. The third-order valence-electron chi connectivity index (χ3n) is 4.34. The number of phenols is 1. The fourth-order valence-electron chi connectivity index (χ4n) is 3.01. The van der Waals surface area contributed by atoms with Gasteiger partial charge in [-0.2, -0.15) is 5.10 Å². The Labute approximate surface area is 156 Å². The van der Waals surface area contributed by atoms with Crippen LogP contribution >= 0.6 is 11.6 Å². The number of rotatable bonds is 6. The van der Waals surface area contributed by atoms with Gasteiger partial charge < -0.3 is 10.8 Å². The van der Waals surface area contributed by atoms with Crippen molar-refractivity contribution in [3.8, 4) is 5.75 Å². The van der Waals surface area contributed by atoms with E-state index in [2.05, 4.69) is 10.2 Å². The van der Waals surface area contributed by atoms with E-state index >= 15 is 0 Å². The lowest BCUT2D eigenvalue weighted by atomic mass is 10.0. The highest BCUT2D eigenvalue weighted by Crippen LogP contribution is 2.21. The predicted molar refractivity (Wildman–Crippen MR) is 102 cm³/mol. The second-order valence-corrected chi connectivity index (χ2v) is 6.75. The largest absolute Gasteiger partial charge is 0.508 e. The topological polar surface area (TPSA) is 92.0 Å². The molecule has 0 atom stereocenters. The molecule has 0 aliphatic carbocycles. The fraction of sp³-hybridized carbons (Fsp3) is 0.200. The first-order valence-electron chi connectivity index (χ1n) is 8.33. The van der Waals surface area contributed by atoms with E-state index in [0.717, 1.165) is 16.7 Å². The highest BCUT2D eigenvalue weighted by atomic mass is 35.5. The maximum atomic E-state index is 12.0. The minimum Gasteiger partial charge on any atom is -0.508 e. The van der Waals surface area contributed by atoms with Gasteiger partial charge in [-0.3, -0.25) is 9.89 Å². The zero-order valence-electron chi connectivity index (χ0n) is 14.4. The Morgan fingerprint density at radius 1 is 1.19 bits per heavy atom. The molecule has 0 fully saturated rings. The number of nitrogens with zero attached hydrogens (tertiary/aromatic N) is 1. The average molecular weight is 370 g/mol. The lowest BCUT2D eigenvalue weighted by molar-refractivity contribution is 0.0998. The van der Waals surface area contributed by atoms with E-state index in [-0.39, 0.29) is 5.75 Å². The second kappa shape index (κ2) is 7.62. The number of hydrogen-bond donors (Lipinski definition) is 3. The molecular weight excluding hydrogens is 350 g/mol. The number of carbonyl (C=O) groups is 1. The molecule has 1 heterocycles. The molecule has 4 N–H and O–H groups in total. The average Bonchev–Trinajstić information content (AvgIpc) is 2.99. The van der Waals surface area contributed by atoms with Gasteiger partial charge in [-0.25, -0.2) is 0 Å². The summed E-state index contributed by atoms with van der Waals surface area (Å²) < 4.78 is 0. The van der Waals surface area contributed by atoms with Crippen LogP contribution in [0.1, 0.15) is 38.4 Å². The van der Waals surface area contributed by atoms with Crippen molar-refractivity contribution in [2.45, 2.75) is 26.2 Å². The molecule has 1 aromatic heterocycles. The van der Waals surface area contributed by atoms with E-state index in [1.165, 1.54) is 0 Å². The molecule has 5 nitrogen and oxygen atoms in total. The molecule has 0 spiro atoms. The van der Waals surface area contributed by atoms with Gasteiger partial charge in [0.1, 0.15) is 5.75 Å². The summed E-state index contributed by atoms with van der Waals surface area (Å²) in [5.74, 6) is -0.220. The first-order valence-corrected chi connectivity index (χ1v) is 8.70. The van der Waals surface area contributed by atoms with Crippen molar-refractivity contribution < 1.29 is 9.90 Å². The van der Waals surface area contributed by atoms with Gasteiger partial charge in [0.05, 0.1) is 17.0 Å². The van der Waals surface area contributed by atoms with Gasteiger partial charge in [-0.1, -0.05) is 35.9 Å². The van der Waals surface area contributed by atoms with Crippen LogP contribution in [0, 0.1) is 6.92 Å². The quantitative estimate of drug-likeness (QED) is 0.620. The zero-order valence-corrected chi connectivity index (χ0v) is 15.2. The van der Waals surface area contributed by atoms with Gasteiger partial charge >= 0.3 is 0 Å². The monoisotopic (exact) mass is 369 g/mol. The van der Waals surface area contributed by atoms with Crippen molar-refractivity contribution in [2.24, 2.45) is 5.73 Å². The van der Waals surface area contributed by atoms with Crippen LogP contribution in [-0.4, -0.2) is 21.2 Å². The number of aromatic amines is 1. The molecule has 0 aliphatic rings. The van der Waals surface area contributed by atoms with Gasteiger partial charge in [0.2, 0.25) is 0 Å². The van der Waals surface area contributed by atoms with Gasteiger partial charge in [-0.05, 0) is 54.7 Å². The molecule has 3 aromatic rings. The molecule has 0 unspecified atom stereocenters. The molecule has 6 heteroatoms. The molecule has 0 aliphatic heterocycles. The number of hydrogen-bond acceptors (Lipinski definition) is 3. The van der Waals surface area contributed by atoms with E-state index < -0.39 is 5.91 Å². The number of aromatic nitrogens is 2. The maximum Gasteiger partial charge on any atom is 0.252 e. The number of primary amides is 1. The molecule has 3 rings (SSSR count). The minimum atomic E-state index is -0.493. The third kappa shape index (κ3) is 4.06. The number of benzene rings is 2. The van der Waals surface area contributed by atoms with Crippen molar-refractivity contribution in [1.29, 1.82) is 0 Å². The number of carbonyl (C=O) groups excluding carboxylic acids is 1. The summed E-state index contributed by atoms with van der Waals surface area (Å²) >= 11 is 6.02. The summed E-state index contributed by atoms with van der Waals surface area (Å²) in [6.45, 7) is 1.85. The van der Waals surface area contributed by atoms with Crippen LogP contribution in [0.25, 0.3) is 0 Å². The highest BCUT2D eigenvalue weighted by molar-refractivity contribution is 6.30. The number of aryl methyl sites for hydroxylation is 3. The summed E-state index contributed by atoms with van der Waals surface area (Å²) in [6.07, 6.45) is 1.78. The number of aromatic hydroxyl groups is 1. The van der Waals surface area contributed by atoms with Crippen LogP contribution in [0.4, 0.5) is 0 Å². The van der Waals surface area contributed by atoms with Crippen LogP contribution in [0.15, 0.2) is 42.5 Å². The number of phenolic OH excluding ortho intramolecular Hbond substituents is 1. The SMILES string of the molecule is Cc1cc(CCc2n[nH]c(Cc3cccc(Cl)c3)c2C(N)=O)ccc1O. The molecule has 0 bridgehead atoms. The normalized spacial score (nSPS) is 10.8. The summed E-state index contributed by atoms with van der Waals surface area (Å²) in [4.78, 5) is 12.0. The van der Waals surface area contributed by atoms with Crippen LogP contribution in [0.5, 0.6) is 5.75 Å². The van der Waals surface area contributed by atoms with E-state index in [1.807, 2.05) is 37.3 Å². The summed E-state index contributed by atoms with van der Waals surface area (Å²) in [6, 6.07) is 12.9. The van der Waals surface area contributed by atoms with Crippen LogP contribution in [-0.2, 0) is 19.3 Å². The lowest BCUT2D eigenvalue weighted by Crippen LogP contribution is -2.15. The number of nitrogens with one attached hydrogen (secondary N) is 1. The Balaban J connectivity index is 1.80. The van der Waals surface area contributed by atoms with E-state index in [9.17, 15) is 9.90 Å². The van der Waals surface area contributed by atoms with Crippen molar-refractivity contribution in [1.82, 2.24) is 10.2 Å². The molecule has 1 amide bonds. The Bertz CT molecular complexity index is 950. The molecule has 134 valence electrons. The van der Waals surface area contributed by atoms with Crippen LogP contribution in [0.2, 0.25) is 5.02 Å². The molecular formula is C20H20ClN3O2. The molecule has 26 heavy (non-hydrogen) atoms. The van der Waals surface area contributed by atoms with E-state index in [4.69, 9.17) is 17.3 Å². The van der Waals surface area contributed by atoms with Crippen LogP contribution < -0.4 is 5.73 Å². The molecule has 0 saturated carbocycles. The summed E-state index contributed by atoms with van der Waals surface area (Å²) in [5.41, 5.74) is 10.2. The Morgan fingerprint density at radius 2 is 2.00 bits per heavy atom. The predicted octanol–water partition coefficient (Wildman–Crippen LogP) is 3.55. The zero-order chi connectivity index (χ0) is 18.7. The number of halogens is 1. The Kier molecular flexibility index (Phi) is 5.28. The van der Waals surface area contributed by atoms with Crippen molar-refractivity contribution in [3.63, 3.8) is 0 Å². The first-order chi connectivity index (χ1) is 12.4. The van der Waals surface area contributed by atoms with Crippen LogP contribution in [0.3, 0.4) is 0 Å². The van der Waals surface area contributed by atoms with E-state index in [0.29, 0.717) is 41.2 Å². The molecule has 0 radical (unpaired) electrons. The maximum absolute atomic E-state index is 12.0. The van der Waals surface area contributed by atoms with E-state index in [1.54, 1.807) is 12.1 Å². The molecule has 2 aromatic carbocycles. The van der Waals surface area contributed by atoms with Crippen molar-refractivity contribution in [2.75, 3.05) is 0 Å². The Hall–Kier alpha value is -2.79. The highest BCUT2D eigenvalue weighted by Gasteiger charge is 2.18. The Morgan fingerprint density at radius 3 is 2.69 bits per heavy atom. The fourth-order valence-corrected chi connectivity index (χ4v) is 3.22. The minimum absolute atomic E-state index is 0.273. The molecule has 0 saturated heterocycles. The lowest BCUT2D eigenvalue weighted by Gasteiger charge is -2.05. The standard InChI is InChI=1S/C20H20ClN3O2/c1-12-9-13(6-8-18(12)25)5-7-16-19(20(22)26)17(24-23-16)11-14-3-2-4-15(21)10-14/h2-4,6,8-10,25H,5,7,11H2,1H3,(H2,22,26)(H,23,24). The van der Waals surface area contributed by atoms with Gasteiger partial charge in [-0.15, -0.1) is 0 Å². The second-order valence-electron chi connectivity index (χ2n) is 6.32. The van der Waals surface area contributed by atoms with Crippen molar-refractivity contribution >= 4 is 17.5 Å². The van der Waals surface area contributed by atoms with Crippen molar-refractivity contribution in [3.05, 3.63) is 81.1 Å². The van der Waals surface area contributed by atoms with Gasteiger partial charge in [0, 0.05) is 11.4 Å². The summed E-state index contributed by atoms with van der Waals surface area (Å²) in [7, 11) is 0. The number of amides is 1. The van der Waals surface area contributed by atoms with Gasteiger partial charge in [0.25, 0.3) is 5.91 Å². The van der Waals surface area contributed by atoms with Gasteiger partial charge in [0.15, 0.2) is 0 Å². The smallest absolute Gasteiger partial charge is 0.252 e. The third-order valence-corrected chi connectivity index (χ3v) is 4.58. The number of H-pyrrole nitrogens is 1. The number of nitrogens with two attached hydrogens (primary N) is 1. The summed E-state index contributed by atoms with van der Waals surface area (Å²) in [5, 5.41) is 17.5.